The number of rotatable bonds is 3. The SMILES string of the molecule is O=C(Nc1ccc2c(c1)CCCS2(=O)=O)OCc1ccccc1. The number of hydrogen-bond donors (Lipinski definition) is 1. The molecule has 1 heterocycles. The number of nitrogens with one attached hydrogen (secondary N) is 1. The van der Waals surface area contributed by atoms with Gasteiger partial charge in [0.1, 0.15) is 6.61 Å². The number of carbonyl (C=O) groups is 1. The average molecular weight is 331 g/mol. The third kappa shape index (κ3) is 3.71. The monoisotopic (exact) mass is 331 g/mol. The van der Waals surface area contributed by atoms with Crippen molar-refractivity contribution in [1.82, 2.24) is 0 Å². The summed E-state index contributed by atoms with van der Waals surface area (Å²) in [7, 11) is -3.18. The fourth-order valence-electron chi connectivity index (χ4n) is 2.60. The molecule has 5 nitrogen and oxygen atoms in total. The van der Waals surface area contributed by atoms with Gasteiger partial charge in [-0.3, -0.25) is 5.32 Å². The largest absolute Gasteiger partial charge is 0.444 e. The number of sulfone groups is 1. The molecule has 0 unspecified atom stereocenters. The van der Waals surface area contributed by atoms with E-state index >= 15 is 0 Å². The van der Waals surface area contributed by atoms with Crippen LogP contribution in [0.5, 0.6) is 0 Å². The molecule has 120 valence electrons. The van der Waals surface area contributed by atoms with E-state index in [1.165, 1.54) is 0 Å². The van der Waals surface area contributed by atoms with Gasteiger partial charge in [-0.15, -0.1) is 0 Å². The Kier molecular flexibility index (Phi) is 4.34. The van der Waals surface area contributed by atoms with E-state index in [9.17, 15) is 13.2 Å². The number of hydrogen-bond acceptors (Lipinski definition) is 4. The van der Waals surface area contributed by atoms with Gasteiger partial charge in [0, 0.05) is 5.69 Å². The van der Waals surface area contributed by atoms with Crippen LogP contribution < -0.4 is 5.32 Å². The summed E-state index contributed by atoms with van der Waals surface area (Å²) in [6.07, 6.45) is 0.743. The molecule has 0 radical (unpaired) electrons. The van der Waals surface area contributed by atoms with Crippen LogP contribution in [0.1, 0.15) is 17.5 Å². The summed E-state index contributed by atoms with van der Waals surface area (Å²) in [5.74, 6) is 0.186. The Morgan fingerprint density at radius 3 is 2.70 bits per heavy atom. The summed E-state index contributed by atoms with van der Waals surface area (Å²) in [4.78, 5) is 12.2. The summed E-state index contributed by atoms with van der Waals surface area (Å²) in [5, 5.41) is 2.63. The number of aryl methyl sites for hydroxylation is 1. The van der Waals surface area contributed by atoms with Crippen LogP contribution in [0.3, 0.4) is 0 Å². The lowest BCUT2D eigenvalue weighted by atomic mass is 10.1. The second-order valence-electron chi connectivity index (χ2n) is 5.43. The molecule has 0 spiro atoms. The van der Waals surface area contributed by atoms with Crippen molar-refractivity contribution in [1.29, 1.82) is 0 Å². The number of benzene rings is 2. The van der Waals surface area contributed by atoms with Crippen LogP contribution in [0.25, 0.3) is 0 Å². The van der Waals surface area contributed by atoms with Gasteiger partial charge >= 0.3 is 6.09 Å². The number of ether oxygens (including phenoxy) is 1. The van der Waals surface area contributed by atoms with Crippen LogP contribution in [0, 0.1) is 0 Å². The molecule has 1 N–H and O–H groups in total. The Morgan fingerprint density at radius 2 is 1.91 bits per heavy atom. The topological polar surface area (TPSA) is 72.5 Å². The van der Waals surface area contributed by atoms with Crippen molar-refractivity contribution < 1.29 is 17.9 Å². The predicted molar refractivity (Wildman–Crippen MR) is 87.1 cm³/mol. The normalized spacial score (nSPS) is 15.5. The lowest BCUT2D eigenvalue weighted by Gasteiger charge is -2.17. The Hall–Kier alpha value is -2.34. The van der Waals surface area contributed by atoms with Crippen molar-refractivity contribution in [2.75, 3.05) is 11.1 Å². The molecule has 0 fully saturated rings. The molecule has 2 aromatic carbocycles. The first-order valence-corrected chi connectivity index (χ1v) is 9.03. The summed E-state index contributed by atoms with van der Waals surface area (Å²) in [5.41, 5.74) is 2.19. The molecule has 0 aromatic heterocycles. The lowest BCUT2D eigenvalue weighted by molar-refractivity contribution is 0.155. The first-order valence-electron chi connectivity index (χ1n) is 7.38. The zero-order chi connectivity index (χ0) is 16.3. The van der Waals surface area contributed by atoms with Gasteiger partial charge < -0.3 is 4.74 Å². The third-order valence-electron chi connectivity index (χ3n) is 3.71. The van der Waals surface area contributed by atoms with Gasteiger partial charge in [-0.2, -0.15) is 0 Å². The van der Waals surface area contributed by atoms with Crippen LogP contribution in [0.4, 0.5) is 10.5 Å². The van der Waals surface area contributed by atoms with Crippen LogP contribution in [0.15, 0.2) is 53.4 Å². The zero-order valence-corrected chi connectivity index (χ0v) is 13.3. The molecule has 0 saturated heterocycles. The molecule has 0 saturated carbocycles. The van der Waals surface area contributed by atoms with Crippen molar-refractivity contribution in [3.8, 4) is 0 Å². The maximum atomic E-state index is 12.0. The first-order chi connectivity index (χ1) is 11.0. The van der Waals surface area contributed by atoms with E-state index in [0.29, 0.717) is 23.4 Å². The Labute approximate surface area is 135 Å². The van der Waals surface area contributed by atoms with Crippen LogP contribution in [-0.2, 0) is 27.6 Å². The third-order valence-corrected chi connectivity index (χ3v) is 5.61. The van der Waals surface area contributed by atoms with Crippen LogP contribution in [0.2, 0.25) is 0 Å². The van der Waals surface area contributed by atoms with Gasteiger partial charge in [-0.1, -0.05) is 30.3 Å². The van der Waals surface area contributed by atoms with E-state index < -0.39 is 15.9 Å². The minimum atomic E-state index is -3.18. The highest BCUT2D eigenvalue weighted by Crippen LogP contribution is 2.27. The van der Waals surface area contributed by atoms with Gasteiger partial charge in [0.05, 0.1) is 10.6 Å². The number of carbonyl (C=O) groups excluding carboxylic acids is 1. The summed E-state index contributed by atoms with van der Waals surface area (Å²) in [6.45, 7) is 0.187. The second-order valence-corrected chi connectivity index (χ2v) is 7.51. The van der Waals surface area contributed by atoms with Gasteiger partial charge in [-0.25, -0.2) is 13.2 Å². The minimum Gasteiger partial charge on any atom is -0.444 e. The average Bonchev–Trinajstić information content (AvgIpc) is 2.53. The van der Waals surface area contributed by atoms with E-state index in [2.05, 4.69) is 5.32 Å². The van der Waals surface area contributed by atoms with Crippen molar-refractivity contribution in [3.05, 3.63) is 59.7 Å². The summed E-state index contributed by atoms with van der Waals surface area (Å²) < 4.78 is 29.1. The Morgan fingerprint density at radius 1 is 1.13 bits per heavy atom. The highest BCUT2D eigenvalue weighted by atomic mass is 32.2. The summed E-state index contributed by atoms with van der Waals surface area (Å²) >= 11 is 0. The molecule has 23 heavy (non-hydrogen) atoms. The number of anilines is 1. The van der Waals surface area contributed by atoms with E-state index in [1.54, 1.807) is 18.2 Å². The van der Waals surface area contributed by atoms with Crippen molar-refractivity contribution in [2.24, 2.45) is 0 Å². The Balaban J connectivity index is 1.65. The first kappa shape index (κ1) is 15.6. The molecule has 1 aliphatic heterocycles. The minimum absolute atomic E-state index is 0.186. The van der Waals surface area contributed by atoms with Gasteiger partial charge in [0.2, 0.25) is 0 Å². The molecule has 0 aliphatic carbocycles. The maximum Gasteiger partial charge on any atom is 0.411 e. The number of fused-ring (bicyclic) bond motifs is 1. The van der Waals surface area contributed by atoms with E-state index in [-0.39, 0.29) is 12.4 Å². The van der Waals surface area contributed by atoms with Gasteiger partial charge in [0.25, 0.3) is 0 Å². The molecule has 1 aliphatic rings. The lowest BCUT2D eigenvalue weighted by Crippen LogP contribution is -2.17. The summed E-state index contributed by atoms with van der Waals surface area (Å²) in [6, 6.07) is 14.2. The highest BCUT2D eigenvalue weighted by Gasteiger charge is 2.23. The van der Waals surface area contributed by atoms with Crippen molar-refractivity contribution in [3.63, 3.8) is 0 Å². The smallest absolute Gasteiger partial charge is 0.411 e. The molecular formula is C17H17NO4S. The van der Waals surface area contributed by atoms with E-state index in [1.807, 2.05) is 30.3 Å². The fraction of sp³-hybridized carbons (Fsp3) is 0.235. The molecule has 0 bridgehead atoms. The highest BCUT2D eigenvalue weighted by molar-refractivity contribution is 7.91. The zero-order valence-electron chi connectivity index (χ0n) is 12.5. The molecule has 0 atom stereocenters. The fourth-order valence-corrected chi connectivity index (χ4v) is 4.18. The van der Waals surface area contributed by atoms with Crippen LogP contribution in [-0.4, -0.2) is 20.3 Å². The van der Waals surface area contributed by atoms with E-state index in [0.717, 1.165) is 11.1 Å². The maximum absolute atomic E-state index is 12.0. The molecule has 1 amide bonds. The molecule has 2 aromatic rings. The van der Waals surface area contributed by atoms with Gasteiger partial charge in [0.15, 0.2) is 9.84 Å². The molecule has 3 rings (SSSR count). The van der Waals surface area contributed by atoms with Crippen LogP contribution >= 0.6 is 0 Å². The number of amides is 1. The quantitative estimate of drug-likeness (QED) is 0.938. The van der Waals surface area contributed by atoms with Crippen molar-refractivity contribution in [2.45, 2.75) is 24.3 Å². The predicted octanol–water partition coefficient (Wildman–Crippen LogP) is 3.16. The van der Waals surface area contributed by atoms with Gasteiger partial charge in [-0.05, 0) is 42.2 Å². The molecule has 6 heteroatoms. The standard InChI is InChI=1S/C17H17NO4S/c19-17(22-12-13-5-2-1-3-6-13)18-15-8-9-16-14(11-15)7-4-10-23(16,20)21/h1-3,5-6,8-9,11H,4,7,10,12H2,(H,18,19). The molecular weight excluding hydrogens is 314 g/mol. The van der Waals surface area contributed by atoms with Crippen molar-refractivity contribution >= 4 is 21.6 Å². The van der Waals surface area contributed by atoms with E-state index in [4.69, 9.17) is 4.74 Å². The second kappa shape index (κ2) is 6.42. The Bertz CT molecular complexity index is 816.